The number of nitrogens with one attached hydrogen (secondary N) is 1. The highest BCUT2D eigenvalue weighted by atomic mass is 32.2. The van der Waals surface area contributed by atoms with Crippen LogP contribution < -0.4 is 10.5 Å². The van der Waals surface area contributed by atoms with Crippen LogP contribution >= 0.6 is 0 Å². The minimum Gasteiger partial charge on any atom is -0.399 e. The average molecular weight is 297 g/mol. The van der Waals surface area contributed by atoms with Crippen molar-refractivity contribution in [3.63, 3.8) is 0 Å². The molecule has 5 nitrogen and oxygen atoms in total. The summed E-state index contributed by atoms with van der Waals surface area (Å²) in [5, 5.41) is 0. The molecule has 1 aliphatic carbocycles. The highest BCUT2D eigenvalue weighted by Gasteiger charge is 2.27. The number of hydrogen-bond acceptors (Lipinski definition) is 3. The fourth-order valence-electron chi connectivity index (χ4n) is 2.62. The van der Waals surface area contributed by atoms with E-state index in [0.717, 1.165) is 31.2 Å². The molecule has 1 aliphatic rings. The van der Waals surface area contributed by atoms with E-state index in [9.17, 15) is 8.42 Å². The van der Waals surface area contributed by atoms with Gasteiger partial charge in [-0.1, -0.05) is 31.4 Å². The minimum atomic E-state index is -3.43. The van der Waals surface area contributed by atoms with Crippen LogP contribution in [0.25, 0.3) is 0 Å². The van der Waals surface area contributed by atoms with Gasteiger partial charge in [-0.3, -0.25) is 0 Å². The Balaban J connectivity index is 1.96. The standard InChI is InChI=1S/C14H23N3O2S/c1-17(14-8-3-2-4-9-14)20(18,19)16-11-12-6-5-7-13(15)10-12/h5-7,10,14,16H,2-4,8-9,11,15H2,1H3. The van der Waals surface area contributed by atoms with Crippen LogP contribution in [-0.2, 0) is 16.8 Å². The van der Waals surface area contributed by atoms with Crippen LogP contribution in [0.15, 0.2) is 24.3 Å². The van der Waals surface area contributed by atoms with Gasteiger partial charge in [0.05, 0.1) is 0 Å². The van der Waals surface area contributed by atoms with Gasteiger partial charge < -0.3 is 5.73 Å². The lowest BCUT2D eigenvalue weighted by Crippen LogP contribution is -2.44. The van der Waals surface area contributed by atoms with Crippen LogP contribution in [0.1, 0.15) is 37.7 Å². The summed E-state index contributed by atoms with van der Waals surface area (Å²) in [5.74, 6) is 0. The predicted molar refractivity (Wildman–Crippen MR) is 81.2 cm³/mol. The van der Waals surface area contributed by atoms with Crippen LogP contribution in [0.5, 0.6) is 0 Å². The molecule has 0 saturated heterocycles. The van der Waals surface area contributed by atoms with Gasteiger partial charge in [-0.15, -0.1) is 0 Å². The number of anilines is 1. The molecule has 0 spiro atoms. The molecule has 1 aromatic rings. The van der Waals surface area contributed by atoms with Crippen molar-refractivity contribution in [1.82, 2.24) is 9.03 Å². The van der Waals surface area contributed by atoms with Gasteiger partial charge in [0.1, 0.15) is 0 Å². The molecule has 6 heteroatoms. The normalized spacial score (nSPS) is 17.5. The summed E-state index contributed by atoms with van der Waals surface area (Å²) in [4.78, 5) is 0. The molecule has 0 heterocycles. The van der Waals surface area contributed by atoms with E-state index in [0.29, 0.717) is 5.69 Å². The van der Waals surface area contributed by atoms with Crippen molar-refractivity contribution >= 4 is 15.9 Å². The van der Waals surface area contributed by atoms with Gasteiger partial charge in [0.2, 0.25) is 0 Å². The molecule has 20 heavy (non-hydrogen) atoms. The second-order valence-electron chi connectivity index (χ2n) is 5.38. The van der Waals surface area contributed by atoms with E-state index in [4.69, 9.17) is 5.73 Å². The number of benzene rings is 1. The molecule has 1 fully saturated rings. The Morgan fingerprint density at radius 2 is 2.00 bits per heavy atom. The predicted octanol–water partition coefficient (Wildman–Crippen LogP) is 1.87. The van der Waals surface area contributed by atoms with Gasteiger partial charge in [0, 0.05) is 25.3 Å². The van der Waals surface area contributed by atoms with Crippen LogP contribution in [-0.4, -0.2) is 25.8 Å². The van der Waals surface area contributed by atoms with Crippen LogP contribution in [0, 0.1) is 0 Å². The molecular formula is C14H23N3O2S. The summed E-state index contributed by atoms with van der Waals surface area (Å²) < 4.78 is 28.7. The third kappa shape index (κ3) is 3.94. The third-order valence-corrected chi connectivity index (χ3v) is 5.44. The molecule has 112 valence electrons. The summed E-state index contributed by atoms with van der Waals surface area (Å²) in [6.07, 6.45) is 5.34. The first kappa shape index (κ1) is 15.3. The number of nitrogen functional groups attached to an aromatic ring is 1. The summed E-state index contributed by atoms with van der Waals surface area (Å²) >= 11 is 0. The summed E-state index contributed by atoms with van der Waals surface area (Å²) in [5.41, 5.74) is 7.19. The molecular weight excluding hydrogens is 274 g/mol. The zero-order valence-electron chi connectivity index (χ0n) is 11.9. The first-order valence-corrected chi connectivity index (χ1v) is 8.50. The van der Waals surface area contributed by atoms with E-state index in [1.807, 2.05) is 12.1 Å². The van der Waals surface area contributed by atoms with Gasteiger partial charge in [-0.05, 0) is 30.5 Å². The van der Waals surface area contributed by atoms with Gasteiger partial charge >= 0.3 is 0 Å². The van der Waals surface area contributed by atoms with Crippen molar-refractivity contribution in [3.05, 3.63) is 29.8 Å². The Kier molecular flexibility index (Phi) is 5.01. The van der Waals surface area contributed by atoms with Gasteiger partial charge in [0.15, 0.2) is 0 Å². The van der Waals surface area contributed by atoms with E-state index in [1.165, 1.54) is 10.7 Å². The highest BCUT2D eigenvalue weighted by Crippen LogP contribution is 2.23. The molecule has 2 rings (SSSR count). The van der Waals surface area contributed by atoms with E-state index in [1.54, 1.807) is 19.2 Å². The average Bonchev–Trinajstić information content (AvgIpc) is 2.45. The van der Waals surface area contributed by atoms with Gasteiger partial charge in [-0.25, -0.2) is 0 Å². The van der Waals surface area contributed by atoms with Gasteiger partial charge in [0.25, 0.3) is 10.2 Å². The molecule has 0 atom stereocenters. The van der Waals surface area contributed by atoms with Crippen LogP contribution in [0.4, 0.5) is 5.69 Å². The maximum absolute atomic E-state index is 12.3. The molecule has 1 saturated carbocycles. The molecule has 3 N–H and O–H groups in total. The van der Waals surface area contributed by atoms with Crippen molar-refractivity contribution < 1.29 is 8.42 Å². The lowest BCUT2D eigenvalue weighted by Gasteiger charge is -2.30. The Hall–Kier alpha value is -1.11. The molecule has 0 aromatic heterocycles. The molecule has 0 unspecified atom stereocenters. The highest BCUT2D eigenvalue weighted by molar-refractivity contribution is 7.87. The Morgan fingerprint density at radius 3 is 2.65 bits per heavy atom. The van der Waals surface area contributed by atoms with Crippen LogP contribution in [0.2, 0.25) is 0 Å². The first-order valence-electron chi connectivity index (χ1n) is 7.06. The van der Waals surface area contributed by atoms with E-state index in [-0.39, 0.29) is 12.6 Å². The monoisotopic (exact) mass is 297 g/mol. The largest absolute Gasteiger partial charge is 0.399 e. The maximum atomic E-state index is 12.3. The Morgan fingerprint density at radius 1 is 1.30 bits per heavy atom. The smallest absolute Gasteiger partial charge is 0.279 e. The lowest BCUT2D eigenvalue weighted by atomic mass is 9.96. The van der Waals surface area contributed by atoms with Crippen LogP contribution in [0.3, 0.4) is 0 Å². The Labute approximate surface area is 121 Å². The quantitative estimate of drug-likeness (QED) is 0.815. The van der Waals surface area contributed by atoms with Crippen molar-refractivity contribution in [2.45, 2.75) is 44.7 Å². The zero-order valence-corrected chi connectivity index (χ0v) is 12.7. The SMILES string of the molecule is CN(C1CCCCC1)S(=O)(=O)NCc1cccc(N)c1. The van der Waals surface area contributed by atoms with Crippen molar-refractivity contribution in [2.75, 3.05) is 12.8 Å². The number of hydrogen-bond donors (Lipinski definition) is 2. The zero-order chi connectivity index (χ0) is 14.6. The van der Waals surface area contributed by atoms with E-state index in [2.05, 4.69) is 4.72 Å². The van der Waals surface area contributed by atoms with Crippen molar-refractivity contribution in [1.29, 1.82) is 0 Å². The van der Waals surface area contributed by atoms with Gasteiger partial charge in [-0.2, -0.15) is 17.4 Å². The molecule has 0 aliphatic heterocycles. The first-order chi connectivity index (χ1) is 9.49. The molecule has 1 aromatic carbocycles. The van der Waals surface area contributed by atoms with Crippen molar-refractivity contribution in [3.8, 4) is 0 Å². The third-order valence-electron chi connectivity index (χ3n) is 3.88. The summed E-state index contributed by atoms with van der Waals surface area (Å²) in [7, 11) is -1.76. The second kappa shape index (κ2) is 6.56. The Bertz CT molecular complexity index is 539. The fraction of sp³-hybridized carbons (Fsp3) is 0.571. The molecule has 0 bridgehead atoms. The summed E-state index contributed by atoms with van der Waals surface area (Å²) in [6.45, 7) is 0.268. The fourth-order valence-corrected chi connectivity index (χ4v) is 3.78. The topological polar surface area (TPSA) is 75.4 Å². The second-order valence-corrected chi connectivity index (χ2v) is 7.19. The van der Waals surface area contributed by atoms with Crippen molar-refractivity contribution in [2.24, 2.45) is 0 Å². The number of nitrogens with two attached hydrogens (primary N) is 1. The molecule has 0 amide bonds. The minimum absolute atomic E-state index is 0.127. The molecule has 0 radical (unpaired) electrons. The number of rotatable bonds is 5. The summed E-state index contributed by atoms with van der Waals surface area (Å²) in [6, 6.07) is 7.38. The van der Waals surface area contributed by atoms with E-state index < -0.39 is 10.2 Å². The number of nitrogens with zero attached hydrogens (tertiary/aromatic N) is 1. The van der Waals surface area contributed by atoms with E-state index >= 15 is 0 Å². The maximum Gasteiger partial charge on any atom is 0.279 e. The lowest BCUT2D eigenvalue weighted by molar-refractivity contribution is 0.283.